The Bertz CT molecular complexity index is 1990. The van der Waals surface area contributed by atoms with Crippen LogP contribution in [0.4, 0.5) is 4.79 Å². The number of methoxy groups -OCH3 is 2. The first-order valence-electron chi connectivity index (χ1n) is 18.5. The Morgan fingerprint density at radius 1 is 0.923 bits per heavy atom. The highest BCUT2D eigenvalue weighted by Crippen LogP contribution is 2.62. The van der Waals surface area contributed by atoms with Gasteiger partial charge >= 0.3 is 6.09 Å². The number of carbonyl (C=O) groups is 2. The van der Waals surface area contributed by atoms with Crippen LogP contribution in [-0.2, 0) is 17.7 Å². The molecule has 7 nitrogen and oxygen atoms in total. The molecule has 8 rings (SSSR count). The fraction of sp³-hybridized carbons (Fsp3) is 0.378. The van der Waals surface area contributed by atoms with E-state index in [1.54, 1.807) is 19.1 Å². The third-order valence-corrected chi connectivity index (χ3v) is 12.0. The van der Waals surface area contributed by atoms with Crippen LogP contribution < -0.4 is 9.47 Å². The zero-order chi connectivity index (χ0) is 36.5. The van der Waals surface area contributed by atoms with Gasteiger partial charge in [0.2, 0.25) is 0 Å². The van der Waals surface area contributed by atoms with Crippen molar-refractivity contribution in [1.82, 2.24) is 4.90 Å². The molecule has 2 fully saturated rings. The van der Waals surface area contributed by atoms with Crippen molar-refractivity contribution >= 4 is 11.9 Å². The maximum absolute atomic E-state index is 14.9. The number of hydrogen-bond acceptors (Lipinski definition) is 6. The average Bonchev–Trinajstić information content (AvgIpc) is 3.63. The molecule has 2 bridgehead atoms. The normalized spacial score (nSPS) is 24.6. The number of ketones is 1. The van der Waals surface area contributed by atoms with Gasteiger partial charge in [-0.15, -0.1) is 0 Å². The van der Waals surface area contributed by atoms with Crippen LogP contribution in [-0.4, -0.2) is 54.4 Å². The van der Waals surface area contributed by atoms with E-state index in [1.165, 1.54) is 5.57 Å². The lowest BCUT2D eigenvalue weighted by molar-refractivity contribution is -0.0373. The van der Waals surface area contributed by atoms with Crippen molar-refractivity contribution in [2.24, 2.45) is 5.41 Å². The summed E-state index contributed by atoms with van der Waals surface area (Å²) in [6, 6.07) is 29.7. The quantitative estimate of drug-likeness (QED) is 0.153. The van der Waals surface area contributed by atoms with Gasteiger partial charge < -0.3 is 19.3 Å². The van der Waals surface area contributed by atoms with Crippen molar-refractivity contribution in [3.8, 4) is 22.6 Å². The molecule has 52 heavy (non-hydrogen) atoms. The molecule has 4 aromatic rings. The molecule has 0 radical (unpaired) electrons. The number of hydrogen-bond donors (Lipinski definition) is 1. The molecule has 1 saturated carbocycles. The number of allylic oxidation sites excluding steroid dienone is 2. The molecule has 4 aromatic carbocycles. The van der Waals surface area contributed by atoms with E-state index in [2.05, 4.69) is 32.1 Å². The molecule has 1 spiro atoms. The van der Waals surface area contributed by atoms with E-state index in [1.807, 2.05) is 78.9 Å². The molecule has 0 unspecified atom stereocenters. The highest BCUT2D eigenvalue weighted by molar-refractivity contribution is 6.13. The van der Waals surface area contributed by atoms with Gasteiger partial charge in [-0.25, -0.2) is 4.79 Å². The number of rotatable bonds is 7. The molecular formula is C45H49NO6. The van der Waals surface area contributed by atoms with Gasteiger partial charge in [-0.1, -0.05) is 85.3 Å². The molecule has 4 atom stereocenters. The summed E-state index contributed by atoms with van der Waals surface area (Å²) in [5, 5.41) is 11.1. The van der Waals surface area contributed by atoms with E-state index in [-0.39, 0.29) is 17.8 Å². The SMILES string of the molecule is COc1ccc(CN2C[C@@]3(CC[C@H]4c5ccc(cc5C(=O)c5ccccc5-c5ccccc5)C[C@@H](O)CCC(C)=CCC[C@@]43C)OC2=O)c(OC)c1. The molecule has 1 N–H and O–H groups in total. The van der Waals surface area contributed by atoms with Crippen LogP contribution in [0.3, 0.4) is 0 Å². The second-order valence-corrected chi connectivity index (χ2v) is 15.1. The Balaban J connectivity index is 1.31. The highest BCUT2D eigenvalue weighted by Gasteiger charge is 2.64. The maximum Gasteiger partial charge on any atom is 0.410 e. The van der Waals surface area contributed by atoms with Gasteiger partial charge in [-0.05, 0) is 98.2 Å². The smallest absolute Gasteiger partial charge is 0.410 e. The van der Waals surface area contributed by atoms with Crippen molar-refractivity contribution in [3.05, 3.63) is 130 Å². The summed E-state index contributed by atoms with van der Waals surface area (Å²) >= 11 is 0. The van der Waals surface area contributed by atoms with Crippen molar-refractivity contribution in [2.75, 3.05) is 20.8 Å². The number of ether oxygens (including phenoxy) is 3. The summed E-state index contributed by atoms with van der Waals surface area (Å²) < 4.78 is 17.7. The monoisotopic (exact) mass is 699 g/mol. The van der Waals surface area contributed by atoms with E-state index < -0.39 is 17.1 Å². The number of fused-ring (bicyclic) bond motifs is 8. The molecule has 270 valence electrons. The Morgan fingerprint density at radius 2 is 1.71 bits per heavy atom. The summed E-state index contributed by atoms with van der Waals surface area (Å²) in [5.74, 6) is 1.27. The molecule has 4 aliphatic rings. The number of aliphatic hydroxyl groups excluding tert-OH is 1. The van der Waals surface area contributed by atoms with Crippen LogP contribution in [0.25, 0.3) is 11.1 Å². The van der Waals surface area contributed by atoms with Gasteiger partial charge in [0.05, 0.1) is 33.4 Å². The van der Waals surface area contributed by atoms with Crippen molar-refractivity contribution in [2.45, 2.75) is 83.0 Å². The predicted octanol–water partition coefficient (Wildman–Crippen LogP) is 9.30. The molecule has 1 amide bonds. The lowest BCUT2D eigenvalue weighted by Crippen LogP contribution is -2.48. The number of benzene rings is 4. The van der Waals surface area contributed by atoms with Crippen molar-refractivity contribution in [3.63, 3.8) is 0 Å². The van der Waals surface area contributed by atoms with Crippen LogP contribution >= 0.6 is 0 Å². The third-order valence-electron chi connectivity index (χ3n) is 12.0. The largest absolute Gasteiger partial charge is 0.497 e. The van der Waals surface area contributed by atoms with Gasteiger partial charge in [0, 0.05) is 28.2 Å². The van der Waals surface area contributed by atoms with E-state index in [9.17, 15) is 14.7 Å². The highest BCUT2D eigenvalue weighted by atomic mass is 16.6. The molecule has 1 saturated heterocycles. The van der Waals surface area contributed by atoms with E-state index >= 15 is 0 Å². The van der Waals surface area contributed by atoms with Gasteiger partial charge in [-0.3, -0.25) is 9.69 Å². The van der Waals surface area contributed by atoms with Gasteiger partial charge in [0.25, 0.3) is 0 Å². The summed E-state index contributed by atoms with van der Waals surface area (Å²) in [4.78, 5) is 30.6. The van der Waals surface area contributed by atoms with Crippen molar-refractivity contribution in [1.29, 1.82) is 0 Å². The van der Waals surface area contributed by atoms with Crippen LogP contribution in [0.1, 0.15) is 90.9 Å². The first-order valence-corrected chi connectivity index (χ1v) is 18.5. The summed E-state index contributed by atoms with van der Waals surface area (Å²) in [6.45, 7) is 5.21. The standard InChI is InChI=1S/C45H49NO6/c1-30-11-10-23-44(2)40(22-24-45(44)29-46(43(49)52-45)28-33-18-20-35(50-3)27-41(33)51-4)37-21-17-31(25-34(47)19-16-30)26-39(37)42(48)38-15-9-8-14-36(38)32-12-6-5-7-13-32/h5-9,11-15,17-18,20-21,26-27,34,40,47H,10,16,19,22-25,28-29H2,1-4H3/t34-,40-,44-,45+/m0/s1. The van der Waals surface area contributed by atoms with Crippen LogP contribution in [0.5, 0.6) is 11.5 Å². The Labute approximate surface area is 307 Å². The van der Waals surface area contributed by atoms with Gasteiger partial charge in [-0.2, -0.15) is 0 Å². The lowest BCUT2D eigenvalue weighted by Gasteiger charge is -2.43. The minimum absolute atomic E-state index is 0.0337. The number of nitrogens with zero attached hydrogens (tertiary/aromatic N) is 1. The molecule has 1 aliphatic heterocycles. The second-order valence-electron chi connectivity index (χ2n) is 15.1. The van der Waals surface area contributed by atoms with E-state index in [0.29, 0.717) is 55.0 Å². The summed E-state index contributed by atoms with van der Waals surface area (Å²) in [5.41, 5.74) is 6.02. The van der Waals surface area contributed by atoms with E-state index in [4.69, 9.17) is 14.2 Å². The number of aliphatic hydroxyl groups is 1. The van der Waals surface area contributed by atoms with Crippen LogP contribution in [0.2, 0.25) is 0 Å². The molecule has 1 heterocycles. The Hall–Kier alpha value is -4.88. The fourth-order valence-corrected chi connectivity index (χ4v) is 8.99. The lowest BCUT2D eigenvalue weighted by atomic mass is 9.64. The molecule has 3 aliphatic carbocycles. The topological polar surface area (TPSA) is 85.3 Å². The maximum atomic E-state index is 14.9. The molecule has 7 heteroatoms. The van der Waals surface area contributed by atoms with Crippen LogP contribution in [0.15, 0.2) is 103 Å². The minimum Gasteiger partial charge on any atom is -0.497 e. The first kappa shape index (κ1) is 35.5. The predicted molar refractivity (Wildman–Crippen MR) is 203 cm³/mol. The second kappa shape index (κ2) is 14.6. The Morgan fingerprint density at radius 3 is 2.50 bits per heavy atom. The summed E-state index contributed by atoms with van der Waals surface area (Å²) in [7, 11) is 3.24. The summed E-state index contributed by atoms with van der Waals surface area (Å²) in [6.07, 6.45) is 6.41. The number of carbonyl (C=O) groups excluding carboxylic acids is 2. The van der Waals surface area contributed by atoms with Gasteiger partial charge in [0.15, 0.2) is 5.78 Å². The van der Waals surface area contributed by atoms with Gasteiger partial charge in [0.1, 0.15) is 17.1 Å². The zero-order valence-corrected chi connectivity index (χ0v) is 30.7. The van der Waals surface area contributed by atoms with Crippen LogP contribution in [0, 0.1) is 5.41 Å². The molecular weight excluding hydrogens is 650 g/mol. The molecule has 0 aromatic heterocycles. The third kappa shape index (κ3) is 6.63. The minimum atomic E-state index is -0.746. The fourth-order valence-electron chi connectivity index (χ4n) is 8.99. The average molecular weight is 700 g/mol. The Kier molecular flexibility index (Phi) is 9.99. The number of amides is 1. The van der Waals surface area contributed by atoms with Crippen molar-refractivity contribution < 1.29 is 28.9 Å². The zero-order valence-electron chi connectivity index (χ0n) is 30.7. The first-order chi connectivity index (χ1) is 25.1. The van der Waals surface area contributed by atoms with E-state index in [0.717, 1.165) is 53.5 Å².